The minimum Gasteiger partial charge on any atom is -0.496 e. The molecule has 0 saturated carbocycles. The quantitative estimate of drug-likeness (QED) is 0.783. The molecule has 2 saturated heterocycles. The third-order valence-corrected chi connectivity index (χ3v) is 6.24. The van der Waals surface area contributed by atoms with Crippen LogP contribution in [0.3, 0.4) is 0 Å². The van der Waals surface area contributed by atoms with Crippen LogP contribution in [0.1, 0.15) is 36.8 Å². The Morgan fingerprint density at radius 1 is 1.00 bits per heavy atom. The van der Waals surface area contributed by atoms with Crippen LogP contribution in [-0.2, 0) is 22.6 Å². The summed E-state index contributed by atoms with van der Waals surface area (Å²) >= 11 is 0. The molecule has 0 radical (unpaired) electrons. The number of amides is 2. The Kier molecular flexibility index (Phi) is 5.56. The Bertz CT molecular complexity index is 883. The van der Waals surface area contributed by atoms with Gasteiger partial charge in [-0.05, 0) is 37.3 Å². The molecule has 2 aromatic carbocycles. The van der Waals surface area contributed by atoms with E-state index >= 15 is 0 Å². The zero-order chi connectivity index (χ0) is 20.3. The maximum atomic E-state index is 13.6. The molecule has 5 heteroatoms. The predicted octanol–water partition coefficient (Wildman–Crippen LogP) is 3.42. The van der Waals surface area contributed by atoms with E-state index < -0.39 is 5.54 Å². The van der Waals surface area contributed by atoms with E-state index in [-0.39, 0.29) is 18.2 Å². The van der Waals surface area contributed by atoms with Crippen LogP contribution in [0.5, 0.6) is 5.75 Å². The van der Waals surface area contributed by atoms with Crippen LogP contribution in [0.15, 0.2) is 54.6 Å². The fraction of sp³-hybridized carbons (Fsp3) is 0.417. The van der Waals surface area contributed by atoms with E-state index in [4.69, 9.17) is 4.74 Å². The van der Waals surface area contributed by atoms with E-state index in [0.29, 0.717) is 13.1 Å². The first-order chi connectivity index (χ1) is 14.1. The predicted molar refractivity (Wildman–Crippen MR) is 111 cm³/mol. The molecule has 2 aromatic rings. The summed E-state index contributed by atoms with van der Waals surface area (Å²) in [6.07, 6.45) is 3.58. The number of carbonyl (C=O) groups excluding carboxylic acids is 2. The summed E-state index contributed by atoms with van der Waals surface area (Å²) in [6.45, 7) is 2.01. The number of likely N-dealkylation sites (tertiary alicyclic amines) is 2. The zero-order valence-corrected chi connectivity index (χ0v) is 17.0. The van der Waals surface area contributed by atoms with Crippen molar-refractivity contribution in [1.82, 2.24) is 9.80 Å². The molecule has 0 aliphatic carbocycles. The monoisotopic (exact) mass is 392 g/mol. The van der Waals surface area contributed by atoms with E-state index in [1.807, 2.05) is 64.4 Å². The van der Waals surface area contributed by atoms with Crippen molar-refractivity contribution < 1.29 is 14.3 Å². The Hall–Kier alpha value is -2.82. The number of piperidine rings is 1. The van der Waals surface area contributed by atoms with Crippen molar-refractivity contribution in [2.24, 2.45) is 0 Å². The fourth-order valence-electron chi connectivity index (χ4n) is 4.85. The average molecular weight is 392 g/mol. The number of carbonyl (C=O) groups is 2. The van der Waals surface area contributed by atoms with Gasteiger partial charge >= 0.3 is 0 Å². The number of hydrogen-bond acceptors (Lipinski definition) is 3. The standard InChI is InChI=1S/C24H28N2O3/c1-29-21-12-6-5-11-20(21)17-22(27)26-16-8-14-24(26)13-7-15-25(23(24)28)18-19-9-3-2-4-10-19/h2-6,9-12H,7-8,13-18H2,1H3. The number of para-hydroxylation sites is 1. The third kappa shape index (κ3) is 3.74. The Morgan fingerprint density at radius 2 is 1.69 bits per heavy atom. The minimum absolute atomic E-state index is 0.0157. The van der Waals surface area contributed by atoms with E-state index in [1.165, 1.54) is 0 Å². The van der Waals surface area contributed by atoms with Crippen molar-refractivity contribution in [3.63, 3.8) is 0 Å². The molecule has 152 valence electrons. The average Bonchev–Trinajstić information content (AvgIpc) is 3.17. The van der Waals surface area contributed by atoms with Gasteiger partial charge in [0.15, 0.2) is 0 Å². The lowest BCUT2D eigenvalue weighted by atomic mass is 9.84. The van der Waals surface area contributed by atoms with Crippen LogP contribution in [0.4, 0.5) is 0 Å². The summed E-state index contributed by atoms with van der Waals surface area (Å²) in [5, 5.41) is 0. The summed E-state index contributed by atoms with van der Waals surface area (Å²) in [5.41, 5.74) is 1.32. The lowest BCUT2D eigenvalue weighted by Gasteiger charge is -2.44. The number of nitrogens with zero attached hydrogens (tertiary/aromatic N) is 2. The van der Waals surface area contributed by atoms with Crippen LogP contribution >= 0.6 is 0 Å². The molecule has 2 aliphatic heterocycles. The highest BCUT2D eigenvalue weighted by molar-refractivity contribution is 5.93. The summed E-state index contributed by atoms with van der Waals surface area (Å²) in [4.78, 5) is 30.6. The van der Waals surface area contributed by atoms with Gasteiger partial charge in [0.2, 0.25) is 11.8 Å². The topological polar surface area (TPSA) is 49.9 Å². The largest absolute Gasteiger partial charge is 0.496 e. The number of hydrogen-bond donors (Lipinski definition) is 0. The zero-order valence-electron chi connectivity index (χ0n) is 17.0. The van der Waals surface area contributed by atoms with Gasteiger partial charge in [-0.2, -0.15) is 0 Å². The molecule has 2 aliphatic rings. The van der Waals surface area contributed by atoms with Gasteiger partial charge in [-0.15, -0.1) is 0 Å². The van der Waals surface area contributed by atoms with E-state index in [9.17, 15) is 9.59 Å². The number of methoxy groups -OCH3 is 1. The first-order valence-electron chi connectivity index (χ1n) is 10.4. The van der Waals surface area contributed by atoms with Gasteiger partial charge in [-0.25, -0.2) is 0 Å². The molecule has 2 heterocycles. The van der Waals surface area contributed by atoms with Crippen LogP contribution in [0.25, 0.3) is 0 Å². The first-order valence-corrected chi connectivity index (χ1v) is 10.4. The summed E-state index contributed by atoms with van der Waals surface area (Å²) in [7, 11) is 1.62. The van der Waals surface area contributed by atoms with Crippen LogP contribution < -0.4 is 4.74 Å². The van der Waals surface area contributed by atoms with Crippen LogP contribution in [-0.4, -0.2) is 47.4 Å². The van der Waals surface area contributed by atoms with E-state index in [1.54, 1.807) is 7.11 Å². The molecule has 2 amide bonds. The van der Waals surface area contributed by atoms with Gasteiger partial charge < -0.3 is 14.5 Å². The van der Waals surface area contributed by atoms with Crippen LogP contribution in [0.2, 0.25) is 0 Å². The molecule has 5 nitrogen and oxygen atoms in total. The molecular formula is C24H28N2O3. The van der Waals surface area contributed by atoms with E-state index in [0.717, 1.165) is 49.1 Å². The molecule has 0 N–H and O–H groups in total. The second-order valence-electron chi connectivity index (χ2n) is 7.98. The smallest absolute Gasteiger partial charge is 0.248 e. The molecule has 1 unspecified atom stereocenters. The lowest BCUT2D eigenvalue weighted by molar-refractivity contribution is -0.155. The molecule has 0 bridgehead atoms. The Morgan fingerprint density at radius 3 is 2.45 bits per heavy atom. The van der Waals surface area contributed by atoms with Crippen LogP contribution in [0, 0.1) is 0 Å². The van der Waals surface area contributed by atoms with Crippen molar-refractivity contribution in [3.8, 4) is 5.75 Å². The number of benzene rings is 2. The maximum Gasteiger partial charge on any atom is 0.248 e. The Balaban J connectivity index is 1.54. The summed E-state index contributed by atoms with van der Waals surface area (Å²) in [6, 6.07) is 17.7. The molecule has 0 aromatic heterocycles. The lowest BCUT2D eigenvalue weighted by Crippen LogP contribution is -2.61. The molecular weight excluding hydrogens is 364 g/mol. The van der Waals surface area contributed by atoms with Gasteiger partial charge in [-0.3, -0.25) is 9.59 Å². The van der Waals surface area contributed by atoms with Crippen molar-refractivity contribution >= 4 is 11.8 Å². The maximum absolute atomic E-state index is 13.6. The van der Waals surface area contributed by atoms with Crippen molar-refractivity contribution in [2.75, 3.05) is 20.2 Å². The number of rotatable bonds is 5. The highest BCUT2D eigenvalue weighted by atomic mass is 16.5. The SMILES string of the molecule is COc1ccccc1CC(=O)N1CCCC12CCCN(Cc1ccccc1)C2=O. The third-order valence-electron chi connectivity index (χ3n) is 6.24. The normalized spacial score (nSPS) is 21.6. The fourth-order valence-corrected chi connectivity index (χ4v) is 4.85. The van der Waals surface area contributed by atoms with E-state index in [2.05, 4.69) is 0 Å². The first kappa shape index (κ1) is 19.5. The molecule has 1 spiro atoms. The van der Waals surface area contributed by atoms with Crippen molar-refractivity contribution in [3.05, 3.63) is 65.7 Å². The van der Waals surface area contributed by atoms with Gasteiger partial charge in [-0.1, -0.05) is 48.5 Å². The van der Waals surface area contributed by atoms with Gasteiger partial charge in [0, 0.05) is 25.2 Å². The highest BCUT2D eigenvalue weighted by Gasteiger charge is 2.52. The summed E-state index contributed by atoms with van der Waals surface area (Å²) in [5.74, 6) is 0.843. The molecule has 4 rings (SSSR count). The van der Waals surface area contributed by atoms with Gasteiger partial charge in [0.25, 0.3) is 0 Å². The van der Waals surface area contributed by atoms with Crippen molar-refractivity contribution in [1.29, 1.82) is 0 Å². The second-order valence-corrected chi connectivity index (χ2v) is 7.98. The molecule has 2 fully saturated rings. The highest BCUT2D eigenvalue weighted by Crippen LogP contribution is 2.39. The molecule has 1 atom stereocenters. The van der Waals surface area contributed by atoms with Crippen molar-refractivity contribution in [2.45, 2.75) is 44.2 Å². The van der Waals surface area contributed by atoms with Gasteiger partial charge in [0.1, 0.15) is 11.3 Å². The summed E-state index contributed by atoms with van der Waals surface area (Å²) < 4.78 is 5.40. The number of ether oxygens (including phenoxy) is 1. The minimum atomic E-state index is -0.674. The molecule has 29 heavy (non-hydrogen) atoms. The van der Waals surface area contributed by atoms with Gasteiger partial charge in [0.05, 0.1) is 13.5 Å². The Labute approximate surface area is 172 Å². The second kappa shape index (κ2) is 8.27.